The standard InChI is InChI=1S/C33H40N/c1-10-32(9)33(11-2,12-3)25-19-18-24(22-16-14-13-15-17-22)28-27(25)29-26(31(28,7)8)20-23(21-34(29)32)30(4,5)6/h11,13-21H,2,10,12H2,1,3-9H3/q+1. The molecule has 0 saturated carbocycles. The van der Waals surface area contributed by atoms with Crippen LogP contribution in [-0.4, -0.2) is 0 Å². The van der Waals surface area contributed by atoms with Crippen LogP contribution in [0.2, 0.25) is 0 Å². The molecule has 5 rings (SSSR count). The highest BCUT2D eigenvalue weighted by molar-refractivity contribution is 5.89. The van der Waals surface area contributed by atoms with E-state index in [1.54, 1.807) is 0 Å². The lowest BCUT2D eigenvalue weighted by Gasteiger charge is -2.46. The van der Waals surface area contributed by atoms with Crippen LogP contribution < -0.4 is 4.57 Å². The first kappa shape index (κ1) is 23.1. The zero-order valence-electron chi connectivity index (χ0n) is 22.3. The van der Waals surface area contributed by atoms with E-state index in [1.807, 2.05) is 0 Å². The van der Waals surface area contributed by atoms with Crippen molar-refractivity contribution in [1.29, 1.82) is 0 Å². The largest absolute Gasteiger partial charge is 0.217 e. The molecule has 176 valence electrons. The molecule has 2 unspecified atom stereocenters. The third-order valence-electron chi connectivity index (χ3n) is 9.32. The number of hydrogen-bond donors (Lipinski definition) is 0. The van der Waals surface area contributed by atoms with Gasteiger partial charge in [-0.2, -0.15) is 4.57 Å². The quantitative estimate of drug-likeness (QED) is 0.278. The maximum Gasteiger partial charge on any atom is 0.217 e. The summed E-state index contributed by atoms with van der Waals surface area (Å²) in [5.74, 6) is 0. The fourth-order valence-corrected chi connectivity index (χ4v) is 7.02. The minimum absolute atomic E-state index is 0.0730. The summed E-state index contributed by atoms with van der Waals surface area (Å²) in [6.07, 6.45) is 6.81. The van der Waals surface area contributed by atoms with Gasteiger partial charge in [-0.3, -0.25) is 0 Å². The van der Waals surface area contributed by atoms with Crippen LogP contribution >= 0.6 is 0 Å². The van der Waals surface area contributed by atoms with Crippen LogP contribution in [0.25, 0.3) is 22.4 Å². The molecule has 0 bridgehead atoms. The Balaban J connectivity index is 2.01. The van der Waals surface area contributed by atoms with E-state index in [2.05, 4.69) is 127 Å². The lowest BCUT2D eigenvalue weighted by atomic mass is 9.59. The van der Waals surface area contributed by atoms with Gasteiger partial charge in [-0.25, -0.2) is 0 Å². The van der Waals surface area contributed by atoms with E-state index in [9.17, 15) is 0 Å². The van der Waals surface area contributed by atoms with Crippen molar-refractivity contribution in [2.24, 2.45) is 0 Å². The molecule has 2 aromatic carbocycles. The van der Waals surface area contributed by atoms with Crippen molar-refractivity contribution in [2.75, 3.05) is 0 Å². The predicted octanol–water partition coefficient (Wildman–Crippen LogP) is 8.22. The Bertz CT molecular complexity index is 1300. The molecule has 1 nitrogen and oxygen atoms in total. The van der Waals surface area contributed by atoms with Gasteiger partial charge in [0.15, 0.2) is 11.7 Å². The van der Waals surface area contributed by atoms with Crippen molar-refractivity contribution in [3.05, 3.63) is 89.6 Å². The number of rotatable bonds is 4. The molecule has 3 aromatic rings. The van der Waals surface area contributed by atoms with Crippen molar-refractivity contribution in [1.82, 2.24) is 0 Å². The van der Waals surface area contributed by atoms with Crippen molar-refractivity contribution < 1.29 is 4.57 Å². The first-order chi connectivity index (χ1) is 16.0. The maximum atomic E-state index is 4.46. The van der Waals surface area contributed by atoms with Gasteiger partial charge in [0.1, 0.15) is 0 Å². The first-order valence-electron chi connectivity index (χ1n) is 13.0. The highest BCUT2D eigenvalue weighted by Crippen LogP contribution is 2.60. The molecule has 1 aliphatic carbocycles. The molecule has 0 fully saturated rings. The summed E-state index contributed by atoms with van der Waals surface area (Å²) < 4.78 is 2.67. The van der Waals surface area contributed by atoms with Gasteiger partial charge in [0, 0.05) is 29.9 Å². The van der Waals surface area contributed by atoms with Gasteiger partial charge >= 0.3 is 0 Å². The Hall–Kier alpha value is -2.67. The summed E-state index contributed by atoms with van der Waals surface area (Å²) in [6, 6.07) is 18.3. The average molecular weight is 451 g/mol. The molecule has 0 spiro atoms. The minimum atomic E-state index is -0.132. The normalized spacial score (nSPS) is 24.1. The van der Waals surface area contributed by atoms with Crippen LogP contribution in [0.3, 0.4) is 0 Å². The molecule has 1 heteroatoms. The van der Waals surface area contributed by atoms with E-state index in [4.69, 9.17) is 0 Å². The summed E-state index contributed by atoms with van der Waals surface area (Å²) in [5, 5.41) is 0. The van der Waals surface area contributed by atoms with Crippen LogP contribution in [0, 0.1) is 0 Å². The van der Waals surface area contributed by atoms with Crippen LogP contribution in [-0.2, 0) is 21.8 Å². The Morgan fingerprint density at radius 3 is 2.15 bits per heavy atom. The number of allylic oxidation sites excluding steroid dienone is 1. The van der Waals surface area contributed by atoms with Crippen molar-refractivity contribution in [3.63, 3.8) is 0 Å². The lowest BCUT2D eigenvalue weighted by Crippen LogP contribution is -2.68. The summed E-state index contributed by atoms with van der Waals surface area (Å²) in [4.78, 5) is 0. The number of nitrogens with zero attached hydrogens (tertiary/aromatic N) is 1. The molecular formula is C33H40N+. The fourth-order valence-electron chi connectivity index (χ4n) is 7.02. The van der Waals surface area contributed by atoms with Crippen molar-refractivity contribution >= 4 is 0 Å². The minimum Gasteiger partial charge on any atom is -0.191 e. The summed E-state index contributed by atoms with van der Waals surface area (Å²) in [5.41, 5.74) is 11.1. The van der Waals surface area contributed by atoms with Gasteiger partial charge < -0.3 is 0 Å². The fraction of sp³-hybridized carbons (Fsp3) is 0.424. The molecule has 0 amide bonds. The second-order valence-corrected chi connectivity index (χ2v) is 12.2. The second-order valence-electron chi connectivity index (χ2n) is 12.2. The topological polar surface area (TPSA) is 3.88 Å². The Morgan fingerprint density at radius 2 is 1.59 bits per heavy atom. The van der Waals surface area contributed by atoms with Crippen molar-refractivity contribution in [3.8, 4) is 22.4 Å². The third kappa shape index (κ3) is 2.65. The van der Waals surface area contributed by atoms with Gasteiger partial charge in [0.2, 0.25) is 5.69 Å². The highest BCUT2D eigenvalue weighted by atomic mass is 15.1. The van der Waals surface area contributed by atoms with Crippen LogP contribution in [0.15, 0.2) is 67.4 Å². The number of hydrogen-bond acceptors (Lipinski definition) is 0. The predicted molar refractivity (Wildman–Crippen MR) is 144 cm³/mol. The van der Waals surface area contributed by atoms with E-state index in [-0.39, 0.29) is 21.8 Å². The zero-order valence-corrected chi connectivity index (χ0v) is 22.3. The molecule has 0 saturated heterocycles. The van der Waals surface area contributed by atoms with E-state index in [0.29, 0.717) is 0 Å². The van der Waals surface area contributed by atoms with E-state index in [0.717, 1.165) is 12.8 Å². The van der Waals surface area contributed by atoms with E-state index in [1.165, 1.54) is 44.6 Å². The first-order valence-corrected chi connectivity index (χ1v) is 13.0. The monoisotopic (exact) mass is 450 g/mol. The molecule has 2 heterocycles. The smallest absolute Gasteiger partial charge is 0.191 e. The second kappa shape index (κ2) is 7.17. The van der Waals surface area contributed by atoms with E-state index < -0.39 is 0 Å². The highest BCUT2D eigenvalue weighted by Gasteiger charge is 2.62. The third-order valence-corrected chi connectivity index (χ3v) is 9.32. The Morgan fingerprint density at radius 1 is 0.912 bits per heavy atom. The zero-order chi connectivity index (χ0) is 24.7. The SMILES string of the molecule is C=CC1(CC)c2ccc(-c3ccccc3)c3c2-c2c(cc(C(C)(C)C)c[n+]2C1(C)CC)C3(C)C. The molecule has 1 aromatic heterocycles. The molecular weight excluding hydrogens is 410 g/mol. The summed E-state index contributed by atoms with van der Waals surface area (Å²) in [6.45, 7) is 23.5. The Labute approximate surface area is 206 Å². The number of benzene rings is 2. The van der Waals surface area contributed by atoms with Gasteiger partial charge in [-0.1, -0.05) is 97.0 Å². The molecule has 2 atom stereocenters. The maximum absolute atomic E-state index is 4.46. The van der Waals surface area contributed by atoms with E-state index >= 15 is 0 Å². The lowest BCUT2D eigenvalue weighted by molar-refractivity contribution is -0.764. The van der Waals surface area contributed by atoms with Crippen molar-refractivity contribution in [2.45, 2.75) is 90.0 Å². The van der Waals surface area contributed by atoms with Gasteiger partial charge in [-0.15, -0.1) is 6.58 Å². The Kier molecular flexibility index (Phi) is 4.87. The van der Waals surface area contributed by atoms with Gasteiger partial charge in [0.25, 0.3) is 0 Å². The summed E-state index contributed by atoms with van der Waals surface area (Å²) in [7, 11) is 0. The number of pyridine rings is 1. The van der Waals surface area contributed by atoms with Gasteiger partial charge in [-0.05, 0) is 40.2 Å². The number of aromatic nitrogens is 1. The molecule has 2 aliphatic rings. The summed E-state index contributed by atoms with van der Waals surface area (Å²) >= 11 is 0. The van der Waals surface area contributed by atoms with Crippen LogP contribution in [0.4, 0.5) is 0 Å². The van der Waals surface area contributed by atoms with Crippen LogP contribution in [0.1, 0.15) is 90.5 Å². The van der Waals surface area contributed by atoms with Gasteiger partial charge in [0.05, 0.1) is 11.0 Å². The average Bonchev–Trinajstić information content (AvgIpc) is 3.06. The molecule has 0 N–H and O–H groups in total. The molecule has 0 radical (unpaired) electrons. The molecule has 1 aliphatic heterocycles. The van der Waals surface area contributed by atoms with Crippen LogP contribution in [0.5, 0.6) is 0 Å². The molecule has 34 heavy (non-hydrogen) atoms.